The van der Waals surface area contributed by atoms with Gasteiger partial charge in [-0.25, -0.2) is 0 Å². The summed E-state index contributed by atoms with van der Waals surface area (Å²) in [7, 11) is 1.63. The molecule has 0 saturated carbocycles. The number of rotatable bonds is 7. The number of nitrogens with one attached hydrogen (secondary N) is 2. The molecule has 1 aliphatic rings. The van der Waals surface area contributed by atoms with E-state index in [1.54, 1.807) is 7.11 Å². The zero-order valence-corrected chi connectivity index (χ0v) is 12.5. The highest BCUT2D eigenvalue weighted by Crippen LogP contribution is 2.18. The lowest BCUT2D eigenvalue weighted by Gasteiger charge is -2.33. The fraction of sp³-hybridized carbons (Fsp3) is 0.600. The first kappa shape index (κ1) is 15.7. The van der Waals surface area contributed by atoms with Gasteiger partial charge in [0.1, 0.15) is 0 Å². The van der Waals surface area contributed by atoms with Crippen molar-refractivity contribution in [2.45, 2.75) is 18.9 Å². The summed E-state index contributed by atoms with van der Waals surface area (Å²) in [5.74, 6) is 0.0311. The molecule has 2 N–H and O–H groups in total. The molecular formula is C15H24N4O2. The first-order chi connectivity index (χ1) is 10.3. The Morgan fingerprint density at radius 1 is 1.38 bits per heavy atom. The molecule has 0 unspecified atom stereocenters. The molecule has 0 aromatic carbocycles. The number of aromatic nitrogens is 1. The van der Waals surface area contributed by atoms with Crippen LogP contribution < -0.4 is 15.5 Å². The number of piperidine rings is 1. The molecule has 1 aromatic heterocycles. The Hall–Kier alpha value is -1.66. The van der Waals surface area contributed by atoms with E-state index in [4.69, 9.17) is 4.74 Å². The molecule has 6 heteroatoms. The third-order valence-electron chi connectivity index (χ3n) is 3.70. The molecule has 2 heterocycles. The van der Waals surface area contributed by atoms with Gasteiger partial charge in [0, 0.05) is 50.9 Å². The predicted octanol–water partition coefficient (Wildman–Crippen LogP) is 0.403. The number of anilines is 1. The van der Waals surface area contributed by atoms with E-state index in [9.17, 15) is 4.79 Å². The van der Waals surface area contributed by atoms with Crippen molar-refractivity contribution in [2.24, 2.45) is 0 Å². The molecule has 1 aromatic rings. The van der Waals surface area contributed by atoms with Crippen LogP contribution in [0.15, 0.2) is 24.5 Å². The van der Waals surface area contributed by atoms with Crippen molar-refractivity contribution < 1.29 is 9.53 Å². The highest BCUT2D eigenvalue weighted by Gasteiger charge is 2.19. The van der Waals surface area contributed by atoms with E-state index in [0.717, 1.165) is 25.9 Å². The lowest BCUT2D eigenvalue weighted by atomic mass is 10.0. The van der Waals surface area contributed by atoms with Gasteiger partial charge in [0.05, 0.1) is 13.2 Å². The standard InChI is InChI=1S/C15H24N4O2/c1-21-11-8-17-15(20)12-18-13-4-9-19(10-5-13)14-2-6-16-7-3-14/h2-3,6-7,13,18H,4-5,8-12H2,1H3,(H,17,20). The van der Waals surface area contributed by atoms with Gasteiger partial charge in [0.2, 0.25) is 5.91 Å². The molecule has 1 saturated heterocycles. The van der Waals surface area contributed by atoms with Crippen molar-refractivity contribution in [3.63, 3.8) is 0 Å². The number of carbonyl (C=O) groups is 1. The van der Waals surface area contributed by atoms with Gasteiger partial charge in [0.25, 0.3) is 0 Å². The highest BCUT2D eigenvalue weighted by molar-refractivity contribution is 5.77. The van der Waals surface area contributed by atoms with E-state index >= 15 is 0 Å². The number of hydrogen-bond donors (Lipinski definition) is 2. The largest absolute Gasteiger partial charge is 0.383 e. The fourth-order valence-electron chi connectivity index (χ4n) is 2.49. The van der Waals surface area contributed by atoms with Crippen LogP contribution in [0.25, 0.3) is 0 Å². The molecule has 1 fully saturated rings. The number of pyridine rings is 1. The van der Waals surface area contributed by atoms with Crippen LogP contribution in [0.2, 0.25) is 0 Å². The second-order valence-electron chi connectivity index (χ2n) is 5.19. The number of methoxy groups -OCH3 is 1. The summed E-state index contributed by atoms with van der Waals surface area (Å²) < 4.78 is 4.90. The van der Waals surface area contributed by atoms with Gasteiger partial charge in [-0.05, 0) is 25.0 Å². The maximum Gasteiger partial charge on any atom is 0.234 e. The quantitative estimate of drug-likeness (QED) is 0.712. The van der Waals surface area contributed by atoms with E-state index in [0.29, 0.717) is 25.7 Å². The first-order valence-electron chi connectivity index (χ1n) is 7.43. The average Bonchev–Trinajstić information content (AvgIpc) is 2.54. The number of ether oxygens (including phenoxy) is 1. The van der Waals surface area contributed by atoms with Crippen LogP contribution in [0.4, 0.5) is 5.69 Å². The lowest BCUT2D eigenvalue weighted by molar-refractivity contribution is -0.120. The highest BCUT2D eigenvalue weighted by atomic mass is 16.5. The Labute approximate surface area is 125 Å². The van der Waals surface area contributed by atoms with Crippen LogP contribution in [0, 0.1) is 0 Å². The van der Waals surface area contributed by atoms with E-state index < -0.39 is 0 Å². The minimum absolute atomic E-state index is 0.0311. The maximum atomic E-state index is 11.6. The third-order valence-corrected chi connectivity index (χ3v) is 3.70. The molecule has 1 amide bonds. The summed E-state index contributed by atoms with van der Waals surface area (Å²) >= 11 is 0. The Balaban J connectivity index is 1.64. The second-order valence-corrected chi connectivity index (χ2v) is 5.19. The predicted molar refractivity (Wildman–Crippen MR) is 82.4 cm³/mol. The Bertz CT molecular complexity index is 419. The second kappa shape index (κ2) is 8.59. The van der Waals surface area contributed by atoms with Crippen molar-refractivity contribution in [3.8, 4) is 0 Å². The van der Waals surface area contributed by atoms with Gasteiger partial charge in [0.15, 0.2) is 0 Å². The fourth-order valence-corrected chi connectivity index (χ4v) is 2.49. The average molecular weight is 292 g/mol. The van der Waals surface area contributed by atoms with Gasteiger partial charge in [-0.3, -0.25) is 9.78 Å². The minimum atomic E-state index is 0.0311. The Morgan fingerprint density at radius 3 is 2.76 bits per heavy atom. The van der Waals surface area contributed by atoms with Crippen molar-refractivity contribution >= 4 is 11.6 Å². The summed E-state index contributed by atoms with van der Waals surface area (Å²) in [5.41, 5.74) is 1.22. The molecule has 21 heavy (non-hydrogen) atoms. The summed E-state index contributed by atoms with van der Waals surface area (Å²) in [6.45, 7) is 3.51. The summed E-state index contributed by atoms with van der Waals surface area (Å²) in [4.78, 5) is 18.0. The first-order valence-corrected chi connectivity index (χ1v) is 7.43. The summed E-state index contributed by atoms with van der Waals surface area (Å²) in [5, 5.41) is 6.14. The molecule has 116 valence electrons. The Kier molecular flexibility index (Phi) is 6.43. The van der Waals surface area contributed by atoms with Crippen LogP contribution in [-0.2, 0) is 9.53 Å². The number of amides is 1. The van der Waals surface area contributed by atoms with E-state index in [1.807, 2.05) is 24.5 Å². The molecule has 2 rings (SSSR count). The summed E-state index contributed by atoms with van der Waals surface area (Å²) in [6, 6.07) is 4.49. The van der Waals surface area contributed by atoms with Crippen LogP contribution in [-0.4, -0.2) is 56.8 Å². The molecule has 6 nitrogen and oxygen atoms in total. The molecule has 0 aliphatic carbocycles. The molecule has 0 bridgehead atoms. The molecule has 1 aliphatic heterocycles. The lowest BCUT2D eigenvalue weighted by Crippen LogP contribution is -2.46. The van der Waals surface area contributed by atoms with Crippen molar-refractivity contribution in [1.82, 2.24) is 15.6 Å². The number of hydrogen-bond acceptors (Lipinski definition) is 5. The normalized spacial score (nSPS) is 16.0. The van der Waals surface area contributed by atoms with Crippen LogP contribution in [0.3, 0.4) is 0 Å². The molecule has 0 atom stereocenters. The van der Waals surface area contributed by atoms with Gasteiger partial charge < -0.3 is 20.3 Å². The molecule has 0 radical (unpaired) electrons. The molecule has 0 spiro atoms. The number of nitrogens with zero attached hydrogens (tertiary/aromatic N) is 2. The van der Waals surface area contributed by atoms with Crippen LogP contribution in [0.5, 0.6) is 0 Å². The topological polar surface area (TPSA) is 66.5 Å². The van der Waals surface area contributed by atoms with Gasteiger partial charge in [-0.1, -0.05) is 0 Å². The van der Waals surface area contributed by atoms with Gasteiger partial charge in [-0.2, -0.15) is 0 Å². The van der Waals surface area contributed by atoms with E-state index in [1.165, 1.54) is 5.69 Å². The van der Waals surface area contributed by atoms with E-state index in [-0.39, 0.29) is 5.91 Å². The number of carbonyl (C=O) groups excluding carboxylic acids is 1. The van der Waals surface area contributed by atoms with Gasteiger partial charge >= 0.3 is 0 Å². The van der Waals surface area contributed by atoms with Crippen molar-refractivity contribution in [2.75, 3.05) is 44.8 Å². The molecular weight excluding hydrogens is 268 g/mol. The van der Waals surface area contributed by atoms with Crippen LogP contribution in [0.1, 0.15) is 12.8 Å². The van der Waals surface area contributed by atoms with Crippen LogP contribution >= 0.6 is 0 Å². The SMILES string of the molecule is COCCNC(=O)CNC1CCN(c2ccncc2)CC1. The summed E-state index contributed by atoms with van der Waals surface area (Å²) in [6.07, 6.45) is 5.75. The third kappa shape index (κ3) is 5.32. The van der Waals surface area contributed by atoms with Gasteiger partial charge in [-0.15, -0.1) is 0 Å². The zero-order chi connectivity index (χ0) is 14.9. The maximum absolute atomic E-state index is 11.6. The van der Waals surface area contributed by atoms with E-state index in [2.05, 4.69) is 20.5 Å². The smallest absolute Gasteiger partial charge is 0.234 e. The Morgan fingerprint density at radius 2 is 2.10 bits per heavy atom. The zero-order valence-electron chi connectivity index (χ0n) is 12.5. The minimum Gasteiger partial charge on any atom is -0.383 e. The van der Waals surface area contributed by atoms with Crippen molar-refractivity contribution in [1.29, 1.82) is 0 Å². The van der Waals surface area contributed by atoms with Crippen molar-refractivity contribution in [3.05, 3.63) is 24.5 Å². The monoisotopic (exact) mass is 292 g/mol.